The Kier molecular flexibility index (Phi) is 5.89. The first-order chi connectivity index (χ1) is 18.2. The lowest BCUT2D eigenvalue weighted by atomic mass is 9.94. The minimum absolute atomic E-state index is 0.0392. The molecule has 37 heavy (non-hydrogen) atoms. The second-order valence-electron chi connectivity index (χ2n) is 8.83. The molecule has 1 amide bonds. The fourth-order valence-electron chi connectivity index (χ4n) is 4.56. The first kappa shape index (κ1) is 22.6. The Morgan fingerprint density at radius 3 is 2.81 bits per heavy atom. The number of carbonyl (C=O) groups is 1. The average molecular weight is 493 g/mol. The molecule has 0 saturated carbocycles. The maximum atomic E-state index is 12.1. The SMILES string of the molecule is C=CC(=O)N1CCCC(c2ccc3ncnc(Nc4ccc(Oc5ccn6ncnc6c5)cc4)c3n2)C1. The second kappa shape index (κ2) is 9.65. The number of ether oxygens (including phenoxy) is 1. The highest BCUT2D eigenvalue weighted by Crippen LogP contribution is 2.30. The maximum absolute atomic E-state index is 12.1. The van der Waals surface area contributed by atoms with Gasteiger partial charge in [-0.1, -0.05) is 6.58 Å². The Bertz CT molecular complexity index is 1600. The number of hydrogen-bond acceptors (Lipinski definition) is 8. The molecular weight excluding hydrogens is 468 g/mol. The fourth-order valence-corrected chi connectivity index (χ4v) is 4.56. The molecule has 5 heterocycles. The van der Waals surface area contributed by atoms with E-state index in [1.807, 2.05) is 53.4 Å². The van der Waals surface area contributed by atoms with Gasteiger partial charge in [0, 0.05) is 42.7 Å². The molecule has 1 fully saturated rings. The number of likely N-dealkylation sites (tertiary alicyclic amines) is 1. The molecule has 0 spiro atoms. The standard InChI is InChI=1S/C27H24N8O2/c1-2-25(36)34-12-3-4-18(15-34)22-9-10-23-26(33-22)27(30-16-28-23)32-19-5-7-20(8-6-19)37-21-11-13-35-24(14-21)29-17-31-35/h2,5-11,13-14,16-18H,1,3-4,12,15H2,(H,28,30,32). The van der Waals surface area contributed by atoms with Gasteiger partial charge in [-0.3, -0.25) is 4.79 Å². The summed E-state index contributed by atoms with van der Waals surface area (Å²) in [5.41, 5.74) is 3.92. The number of nitrogens with one attached hydrogen (secondary N) is 1. The van der Waals surface area contributed by atoms with Gasteiger partial charge >= 0.3 is 0 Å². The Morgan fingerprint density at radius 1 is 1.05 bits per heavy atom. The number of pyridine rings is 2. The topological polar surface area (TPSA) is 110 Å². The van der Waals surface area contributed by atoms with E-state index in [-0.39, 0.29) is 11.8 Å². The number of carbonyl (C=O) groups excluding carboxylic acids is 1. The number of piperidine rings is 1. The van der Waals surface area contributed by atoms with Crippen LogP contribution in [-0.2, 0) is 4.79 Å². The number of anilines is 2. The highest BCUT2D eigenvalue weighted by Gasteiger charge is 2.25. The largest absolute Gasteiger partial charge is 0.457 e. The van der Waals surface area contributed by atoms with Gasteiger partial charge in [-0.15, -0.1) is 0 Å². The number of benzene rings is 1. The van der Waals surface area contributed by atoms with Crippen LogP contribution in [0.4, 0.5) is 11.5 Å². The van der Waals surface area contributed by atoms with Gasteiger partial charge in [0.25, 0.3) is 0 Å². The molecule has 1 atom stereocenters. The van der Waals surface area contributed by atoms with Crippen molar-refractivity contribution < 1.29 is 9.53 Å². The minimum atomic E-state index is -0.0392. The molecule has 184 valence electrons. The Morgan fingerprint density at radius 2 is 1.95 bits per heavy atom. The van der Waals surface area contributed by atoms with E-state index in [0.717, 1.165) is 36.3 Å². The maximum Gasteiger partial charge on any atom is 0.245 e. The lowest BCUT2D eigenvalue weighted by Gasteiger charge is -2.31. The Labute approximate surface area is 212 Å². The van der Waals surface area contributed by atoms with Crippen molar-refractivity contribution in [1.29, 1.82) is 0 Å². The van der Waals surface area contributed by atoms with Crippen molar-refractivity contribution in [2.75, 3.05) is 18.4 Å². The van der Waals surface area contributed by atoms with E-state index >= 15 is 0 Å². The summed E-state index contributed by atoms with van der Waals surface area (Å²) in [6.07, 6.45) is 8.11. The molecule has 1 aliphatic rings. The van der Waals surface area contributed by atoms with Gasteiger partial charge in [-0.25, -0.2) is 24.5 Å². The van der Waals surface area contributed by atoms with Crippen LogP contribution in [0, 0.1) is 0 Å². The molecule has 0 radical (unpaired) electrons. The number of hydrogen-bond donors (Lipinski definition) is 1. The van der Waals surface area contributed by atoms with Crippen molar-refractivity contribution >= 4 is 34.1 Å². The van der Waals surface area contributed by atoms with Crippen LogP contribution in [0.3, 0.4) is 0 Å². The van der Waals surface area contributed by atoms with E-state index in [2.05, 4.69) is 31.9 Å². The monoisotopic (exact) mass is 492 g/mol. The summed E-state index contributed by atoms with van der Waals surface area (Å²) >= 11 is 0. The molecule has 1 aromatic carbocycles. The van der Waals surface area contributed by atoms with Crippen LogP contribution in [0.25, 0.3) is 16.7 Å². The highest BCUT2D eigenvalue weighted by molar-refractivity contribution is 5.88. The van der Waals surface area contributed by atoms with Gasteiger partial charge in [0.05, 0.1) is 5.52 Å². The predicted molar refractivity (Wildman–Crippen MR) is 139 cm³/mol. The number of nitrogens with zero attached hydrogens (tertiary/aromatic N) is 7. The molecule has 1 aliphatic heterocycles. The molecule has 1 saturated heterocycles. The molecule has 10 nitrogen and oxygen atoms in total. The van der Waals surface area contributed by atoms with Crippen LogP contribution >= 0.6 is 0 Å². The molecule has 0 aliphatic carbocycles. The quantitative estimate of drug-likeness (QED) is 0.345. The zero-order chi connectivity index (χ0) is 25.2. The van der Waals surface area contributed by atoms with E-state index in [4.69, 9.17) is 9.72 Å². The number of fused-ring (bicyclic) bond motifs is 2. The fraction of sp³-hybridized carbons (Fsp3) is 0.185. The van der Waals surface area contributed by atoms with Crippen molar-refractivity contribution in [1.82, 2.24) is 34.4 Å². The summed E-state index contributed by atoms with van der Waals surface area (Å²) in [6, 6.07) is 15.2. The molecule has 5 aromatic rings. The van der Waals surface area contributed by atoms with E-state index in [1.54, 1.807) is 10.7 Å². The van der Waals surface area contributed by atoms with Crippen LogP contribution in [0.1, 0.15) is 24.5 Å². The smallest absolute Gasteiger partial charge is 0.245 e. The molecule has 4 aromatic heterocycles. The second-order valence-corrected chi connectivity index (χ2v) is 8.83. The van der Waals surface area contributed by atoms with Crippen molar-refractivity contribution in [2.24, 2.45) is 0 Å². The Hall–Kier alpha value is -4.86. The van der Waals surface area contributed by atoms with E-state index < -0.39 is 0 Å². The van der Waals surface area contributed by atoms with Crippen molar-refractivity contribution in [3.63, 3.8) is 0 Å². The summed E-state index contributed by atoms with van der Waals surface area (Å²) in [7, 11) is 0. The first-order valence-corrected chi connectivity index (χ1v) is 12.0. The zero-order valence-electron chi connectivity index (χ0n) is 20.0. The Balaban J connectivity index is 1.21. The van der Waals surface area contributed by atoms with Gasteiger partial charge in [-0.05, 0) is 61.4 Å². The molecule has 1 unspecified atom stereocenters. The lowest BCUT2D eigenvalue weighted by Crippen LogP contribution is -2.38. The molecular formula is C27H24N8O2. The van der Waals surface area contributed by atoms with Crippen molar-refractivity contribution in [3.05, 3.63) is 85.7 Å². The first-order valence-electron chi connectivity index (χ1n) is 12.0. The summed E-state index contributed by atoms with van der Waals surface area (Å²) in [6.45, 7) is 5.00. The van der Waals surface area contributed by atoms with Crippen LogP contribution < -0.4 is 10.1 Å². The van der Waals surface area contributed by atoms with Gasteiger partial charge in [0.2, 0.25) is 5.91 Å². The predicted octanol–water partition coefficient (Wildman–Crippen LogP) is 4.50. The van der Waals surface area contributed by atoms with E-state index in [0.29, 0.717) is 35.0 Å². The van der Waals surface area contributed by atoms with Gasteiger partial charge < -0.3 is 15.0 Å². The summed E-state index contributed by atoms with van der Waals surface area (Å²) in [5.74, 6) is 2.10. The van der Waals surface area contributed by atoms with Crippen LogP contribution in [0.2, 0.25) is 0 Å². The van der Waals surface area contributed by atoms with Crippen LogP contribution in [0.15, 0.2) is 80.0 Å². The van der Waals surface area contributed by atoms with Crippen molar-refractivity contribution in [3.8, 4) is 11.5 Å². The third-order valence-corrected chi connectivity index (χ3v) is 6.43. The number of aromatic nitrogens is 6. The third-order valence-electron chi connectivity index (χ3n) is 6.43. The normalized spacial score (nSPS) is 15.6. The molecule has 6 rings (SSSR count). The summed E-state index contributed by atoms with van der Waals surface area (Å²) < 4.78 is 7.64. The van der Waals surface area contributed by atoms with Gasteiger partial charge in [0.15, 0.2) is 11.5 Å². The average Bonchev–Trinajstić information content (AvgIpc) is 3.42. The van der Waals surface area contributed by atoms with Crippen molar-refractivity contribution in [2.45, 2.75) is 18.8 Å². The lowest BCUT2D eigenvalue weighted by molar-refractivity contribution is -0.127. The summed E-state index contributed by atoms with van der Waals surface area (Å²) in [5, 5.41) is 7.45. The van der Waals surface area contributed by atoms with Crippen LogP contribution in [-0.4, -0.2) is 53.4 Å². The van der Waals surface area contributed by atoms with Gasteiger partial charge in [0.1, 0.15) is 29.7 Å². The molecule has 10 heteroatoms. The molecule has 0 bridgehead atoms. The third kappa shape index (κ3) is 4.68. The number of amides is 1. The van der Waals surface area contributed by atoms with E-state index in [9.17, 15) is 4.79 Å². The zero-order valence-corrected chi connectivity index (χ0v) is 20.0. The van der Waals surface area contributed by atoms with Crippen LogP contribution in [0.5, 0.6) is 11.5 Å². The van der Waals surface area contributed by atoms with E-state index in [1.165, 1.54) is 18.7 Å². The van der Waals surface area contributed by atoms with Gasteiger partial charge in [-0.2, -0.15) is 5.10 Å². The highest BCUT2D eigenvalue weighted by atomic mass is 16.5. The minimum Gasteiger partial charge on any atom is -0.457 e. The summed E-state index contributed by atoms with van der Waals surface area (Å²) in [4.78, 5) is 31.9. The number of rotatable bonds is 6. The molecule has 1 N–H and O–H groups in total.